The summed E-state index contributed by atoms with van der Waals surface area (Å²) in [5.41, 5.74) is 0.136. The Morgan fingerprint density at radius 2 is 1.71 bits per heavy atom. The molecule has 0 fully saturated rings. The van der Waals surface area contributed by atoms with E-state index in [2.05, 4.69) is 10.3 Å². The van der Waals surface area contributed by atoms with Crippen LogP contribution in [0.25, 0.3) is 11.3 Å². The zero-order valence-corrected chi connectivity index (χ0v) is 21.2. The van der Waals surface area contributed by atoms with Gasteiger partial charge in [-0.3, -0.25) is 4.79 Å². The Morgan fingerprint density at radius 3 is 2.34 bits per heavy atom. The second kappa shape index (κ2) is 12.0. The topological polar surface area (TPSA) is 75.0 Å². The molecule has 4 aromatic rings. The number of nitrogens with zero attached hydrogens (tertiary/aromatic N) is 2. The van der Waals surface area contributed by atoms with Gasteiger partial charge in [0.15, 0.2) is 0 Å². The van der Waals surface area contributed by atoms with Crippen molar-refractivity contribution in [2.24, 2.45) is 0 Å². The van der Waals surface area contributed by atoms with Crippen LogP contribution in [-0.4, -0.2) is 16.6 Å². The number of anilines is 1. The summed E-state index contributed by atoms with van der Waals surface area (Å²) in [6.07, 6.45) is -4.79. The SMILES string of the molecule is N#Cc1c(C(F)(F)F)cc(-c2ccc(OCc3ccc(Cl)cc3)cc2)nc1SCC(=O)Nc1ccccc1. The van der Waals surface area contributed by atoms with E-state index in [1.807, 2.05) is 12.1 Å². The zero-order chi connectivity index (χ0) is 27.1. The summed E-state index contributed by atoms with van der Waals surface area (Å²) in [6, 6.07) is 24.7. The van der Waals surface area contributed by atoms with Gasteiger partial charge in [0.25, 0.3) is 0 Å². The minimum absolute atomic E-state index is 0.0199. The van der Waals surface area contributed by atoms with Gasteiger partial charge in [0.05, 0.1) is 22.6 Å². The molecule has 10 heteroatoms. The largest absolute Gasteiger partial charge is 0.489 e. The molecule has 0 atom stereocenters. The lowest BCUT2D eigenvalue weighted by molar-refractivity contribution is -0.138. The normalized spacial score (nSPS) is 11.0. The van der Waals surface area contributed by atoms with Gasteiger partial charge in [-0.15, -0.1) is 0 Å². The minimum Gasteiger partial charge on any atom is -0.489 e. The molecule has 1 heterocycles. The molecule has 0 bridgehead atoms. The summed E-state index contributed by atoms with van der Waals surface area (Å²) >= 11 is 6.65. The van der Waals surface area contributed by atoms with Crippen LogP contribution >= 0.6 is 23.4 Å². The number of pyridine rings is 1. The van der Waals surface area contributed by atoms with Crippen molar-refractivity contribution in [3.63, 3.8) is 0 Å². The lowest BCUT2D eigenvalue weighted by Crippen LogP contribution is -2.15. The number of hydrogen-bond donors (Lipinski definition) is 1. The van der Waals surface area contributed by atoms with Crippen LogP contribution in [0.3, 0.4) is 0 Å². The Hall–Kier alpha value is -4.00. The van der Waals surface area contributed by atoms with Crippen molar-refractivity contribution < 1.29 is 22.7 Å². The van der Waals surface area contributed by atoms with E-state index in [1.165, 1.54) is 0 Å². The van der Waals surface area contributed by atoms with Gasteiger partial charge >= 0.3 is 6.18 Å². The van der Waals surface area contributed by atoms with E-state index in [0.29, 0.717) is 22.0 Å². The van der Waals surface area contributed by atoms with Crippen molar-refractivity contribution in [1.82, 2.24) is 4.98 Å². The van der Waals surface area contributed by atoms with E-state index in [4.69, 9.17) is 16.3 Å². The Labute approximate surface area is 226 Å². The van der Waals surface area contributed by atoms with Gasteiger partial charge in [-0.25, -0.2) is 4.98 Å². The predicted molar refractivity (Wildman–Crippen MR) is 141 cm³/mol. The Balaban J connectivity index is 1.55. The molecule has 5 nitrogen and oxygen atoms in total. The molecule has 0 aliphatic rings. The monoisotopic (exact) mass is 553 g/mol. The molecular weight excluding hydrogens is 535 g/mol. The average molecular weight is 554 g/mol. The fraction of sp³-hybridized carbons (Fsp3) is 0.107. The first-order valence-electron chi connectivity index (χ1n) is 11.2. The Morgan fingerprint density at radius 1 is 1.03 bits per heavy atom. The lowest BCUT2D eigenvalue weighted by Gasteiger charge is -2.14. The standard InChI is InChI=1S/C28H19ClF3N3O2S/c29-20-10-6-18(7-11-20)16-37-22-12-8-19(9-13-22)25-14-24(28(30,31)32)23(15-33)27(35-25)38-17-26(36)34-21-4-2-1-3-5-21/h1-14H,16-17H2,(H,34,36). The fourth-order valence-electron chi connectivity index (χ4n) is 3.43. The highest BCUT2D eigenvalue weighted by molar-refractivity contribution is 8.00. The van der Waals surface area contributed by atoms with Crippen LogP contribution in [0.15, 0.2) is 90.0 Å². The van der Waals surface area contributed by atoms with E-state index >= 15 is 0 Å². The van der Waals surface area contributed by atoms with Gasteiger partial charge in [-0.2, -0.15) is 18.4 Å². The molecule has 0 spiro atoms. The number of hydrogen-bond acceptors (Lipinski definition) is 5. The third kappa shape index (κ3) is 7.06. The number of carbonyl (C=O) groups excluding carboxylic acids is 1. The number of amides is 1. The second-order valence-corrected chi connectivity index (χ2v) is 9.39. The molecule has 3 aromatic carbocycles. The van der Waals surface area contributed by atoms with Crippen LogP contribution in [-0.2, 0) is 17.6 Å². The highest BCUT2D eigenvalue weighted by Crippen LogP contribution is 2.38. The number of ether oxygens (including phenoxy) is 1. The van der Waals surface area contributed by atoms with Gasteiger partial charge in [0.2, 0.25) is 5.91 Å². The second-order valence-electron chi connectivity index (χ2n) is 7.99. The van der Waals surface area contributed by atoms with Crippen molar-refractivity contribution >= 4 is 35.0 Å². The number of benzene rings is 3. The molecule has 0 aliphatic heterocycles. The molecule has 1 aromatic heterocycles. The van der Waals surface area contributed by atoms with Crippen molar-refractivity contribution in [3.8, 4) is 23.1 Å². The van der Waals surface area contributed by atoms with Gasteiger partial charge in [0.1, 0.15) is 23.5 Å². The maximum atomic E-state index is 13.9. The van der Waals surface area contributed by atoms with Gasteiger partial charge in [-0.1, -0.05) is 53.7 Å². The number of nitrogens with one attached hydrogen (secondary N) is 1. The maximum absolute atomic E-state index is 13.9. The molecule has 1 N–H and O–H groups in total. The summed E-state index contributed by atoms with van der Waals surface area (Å²) in [6.45, 7) is 0.287. The van der Waals surface area contributed by atoms with E-state index in [-0.39, 0.29) is 23.1 Å². The maximum Gasteiger partial charge on any atom is 0.417 e. The van der Waals surface area contributed by atoms with Crippen LogP contribution in [0.1, 0.15) is 16.7 Å². The van der Waals surface area contributed by atoms with Crippen LogP contribution in [0.4, 0.5) is 18.9 Å². The predicted octanol–water partition coefficient (Wildman–Crippen LogP) is 7.60. The summed E-state index contributed by atoms with van der Waals surface area (Å²) in [4.78, 5) is 16.7. The van der Waals surface area contributed by atoms with Crippen LogP contribution in [0.2, 0.25) is 5.02 Å². The van der Waals surface area contributed by atoms with E-state index in [1.54, 1.807) is 72.8 Å². The summed E-state index contributed by atoms with van der Waals surface area (Å²) in [5.74, 6) is -0.150. The molecule has 4 rings (SSSR count). The smallest absolute Gasteiger partial charge is 0.417 e. The molecule has 0 aliphatic carbocycles. The van der Waals surface area contributed by atoms with Crippen molar-refractivity contribution in [2.75, 3.05) is 11.1 Å². The number of thioether (sulfide) groups is 1. The molecule has 38 heavy (non-hydrogen) atoms. The highest BCUT2D eigenvalue weighted by atomic mass is 35.5. The molecule has 0 saturated carbocycles. The quantitative estimate of drug-likeness (QED) is 0.227. The van der Waals surface area contributed by atoms with E-state index in [0.717, 1.165) is 23.4 Å². The van der Waals surface area contributed by atoms with Crippen molar-refractivity contribution in [1.29, 1.82) is 5.26 Å². The van der Waals surface area contributed by atoms with Gasteiger partial charge in [-0.05, 0) is 60.2 Å². The molecule has 1 amide bonds. The summed E-state index contributed by atoms with van der Waals surface area (Å²) in [7, 11) is 0. The average Bonchev–Trinajstić information content (AvgIpc) is 2.91. The number of para-hydroxylation sites is 1. The molecule has 0 radical (unpaired) electrons. The number of aromatic nitrogens is 1. The fourth-order valence-corrected chi connectivity index (χ4v) is 4.36. The first-order chi connectivity index (χ1) is 18.2. The molecular formula is C28H19ClF3N3O2S. The van der Waals surface area contributed by atoms with E-state index < -0.39 is 23.2 Å². The number of rotatable bonds is 8. The number of alkyl halides is 3. The first-order valence-corrected chi connectivity index (χ1v) is 12.6. The molecule has 192 valence electrons. The number of halogens is 4. The van der Waals surface area contributed by atoms with Gasteiger partial charge in [0, 0.05) is 16.3 Å². The van der Waals surface area contributed by atoms with Crippen molar-refractivity contribution in [2.45, 2.75) is 17.8 Å². The summed E-state index contributed by atoms with van der Waals surface area (Å²) in [5, 5.41) is 12.6. The van der Waals surface area contributed by atoms with Crippen LogP contribution < -0.4 is 10.1 Å². The lowest BCUT2D eigenvalue weighted by atomic mass is 10.1. The molecule has 0 unspecified atom stereocenters. The third-order valence-corrected chi connectivity index (χ3v) is 6.50. The number of nitriles is 1. The zero-order valence-electron chi connectivity index (χ0n) is 19.6. The van der Waals surface area contributed by atoms with Crippen molar-refractivity contribution in [3.05, 3.63) is 107 Å². The van der Waals surface area contributed by atoms with E-state index in [9.17, 15) is 23.2 Å². The van der Waals surface area contributed by atoms with Gasteiger partial charge < -0.3 is 10.1 Å². The third-order valence-electron chi connectivity index (χ3n) is 5.27. The number of carbonyl (C=O) groups is 1. The first kappa shape index (κ1) is 27.0. The Kier molecular flexibility index (Phi) is 8.56. The van der Waals surface area contributed by atoms with Crippen LogP contribution in [0.5, 0.6) is 5.75 Å². The molecule has 0 saturated heterocycles. The summed E-state index contributed by atoms with van der Waals surface area (Å²) < 4.78 is 47.3. The van der Waals surface area contributed by atoms with Crippen LogP contribution in [0, 0.1) is 11.3 Å². The Bertz CT molecular complexity index is 1460. The highest BCUT2D eigenvalue weighted by Gasteiger charge is 2.36. The minimum atomic E-state index is -4.79.